The number of aliphatic carboxylic acids is 1. The molecule has 2 heterocycles. The molecule has 0 saturated carbocycles. The smallest absolute Gasteiger partial charge is 0.303 e. The van der Waals surface area contributed by atoms with Gasteiger partial charge in [-0.1, -0.05) is 32.6 Å². The van der Waals surface area contributed by atoms with Crippen LogP contribution in [0.5, 0.6) is 0 Å². The molecule has 2 saturated heterocycles. The highest BCUT2D eigenvalue weighted by Gasteiger charge is 2.62. The summed E-state index contributed by atoms with van der Waals surface area (Å²) in [6.07, 6.45) is -10.2. The first-order valence-corrected chi connectivity index (χ1v) is 11.0. The molecule has 0 spiro atoms. The number of aliphatic hydroxyl groups excluding tert-OH is 8. The van der Waals surface area contributed by atoms with E-state index in [1.165, 1.54) is 19.3 Å². The Balaban J connectivity index is 0.000000461. The third-order valence-corrected chi connectivity index (χ3v) is 5.79. The van der Waals surface area contributed by atoms with Gasteiger partial charge in [-0.2, -0.15) is 0 Å². The van der Waals surface area contributed by atoms with Crippen LogP contribution in [0.4, 0.5) is 0 Å². The van der Waals surface area contributed by atoms with E-state index in [0.717, 1.165) is 12.8 Å². The van der Waals surface area contributed by atoms with Crippen LogP contribution in [0.25, 0.3) is 0 Å². The average Bonchev–Trinajstić information content (AvgIpc) is 2.79. The summed E-state index contributed by atoms with van der Waals surface area (Å²) in [7, 11) is 0. The van der Waals surface area contributed by atoms with Crippen LogP contribution < -0.4 is 0 Å². The maximum absolute atomic E-state index is 10.5. The highest BCUT2D eigenvalue weighted by molar-refractivity contribution is 5.66. The third kappa shape index (κ3) is 7.50. The Morgan fingerprint density at radius 3 is 1.85 bits per heavy atom. The van der Waals surface area contributed by atoms with Gasteiger partial charge >= 0.3 is 5.97 Å². The molecule has 13 nitrogen and oxygen atoms in total. The number of unbranched alkanes of at least 4 members (excludes halogenated alkanes) is 4. The fourth-order valence-corrected chi connectivity index (χ4v) is 3.74. The Hall–Kier alpha value is -0.970. The minimum absolute atomic E-state index is 0.337. The average molecular weight is 487 g/mol. The van der Waals surface area contributed by atoms with Crippen LogP contribution >= 0.6 is 0 Å². The van der Waals surface area contributed by atoms with Gasteiger partial charge in [0.05, 0.1) is 13.2 Å². The van der Waals surface area contributed by atoms with E-state index in [-0.39, 0.29) is 0 Å². The lowest BCUT2D eigenvalue weighted by atomic mass is 9.83. The molecule has 0 aromatic rings. The molecule has 196 valence electrons. The lowest BCUT2D eigenvalue weighted by Gasteiger charge is -2.52. The Labute approximate surface area is 191 Å². The Morgan fingerprint density at radius 2 is 1.33 bits per heavy atom. The largest absolute Gasteiger partial charge is 0.481 e. The highest BCUT2D eigenvalue weighted by Crippen LogP contribution is 2.37. The van der Waals surface area contributed by atoms with Crippen molar-refractivity contribution in [2.75, 3.05) is 13.2 Å². The molecular formula is C20H38O13. The lowest BCUT2D eigenvalue weighted by Crippen LogP contribution is -2.75. The van der Waals surface area contributed by atoms with Crippen LogP contribution in [0.15, 0.2) is 0 Å². The van der Waals surface area contributed by atoms with Crippen LogP contribution in [0.3, 0.4) is 0 Å². The van der Waals surface area contributed by atoms with E-state index in [1.54, 1.807) is 0 Å². The van der Waals surface area contributed by atoms with Gasteiger partial charge in [-0.3, -0.25) is 4.79 Å². The van der Waals surface area contributed by atoms with Crippen LogP contribution in [0, 0.1) is 0 Å². The summed E-state index contributed by atoms with van der Waals surface area (Å²) in [5.41, 5.74) is 0. The van der Waals surface area contributed by atoms with Gasteiger partial charge in [0.15, 0.2) is 0 Å². The number of carboxylic acid groups (broad SMARTS) is 1. The number of hydrogen-bond donors (Lipinski definition) is 10. The van der Waals surface area contributed by atoms with Gasteiger partial charge in [0.25, 0.3) is 0 Å². The number of carboxylic acids is 1. The molecule has 0 amide bonds. The van der Waals surface area contributed by atoms with Crippen LogP contribution in [0.2, 0.25) is 0 Å². The lowest BCUT2D eigenvalue weighted by molar-refractivity contribution is -0.406. The van der Waals surface area contributed by atoms with Gasteiger partial charge in [0, 0.05) is 6.42 Å². The molecule has 2 fully saturated rings. The van der Waals surface area contributed by atoms with Crippen molar-refractivity contribution in [1.29, 1.82) is 0 Å². The summed E-state index contributed by atoms with van der Waals surface area (Å²) in [4.78, 5) is 10.0. The molecule has 0 bridgehead atoms. The van der Waals surface area contributed by atoms with Crippen molar-refractivity contribution in [1.82, 2.24) is 0 Å². The fraction of sp³-hybridized carbons (Fsp3) is 0.950. The Bertz CT molecular complexity index is 574. The molecule has 0 aromatic carbocycles. The molecule has 2 aliphatic heterocycles. The van der Waals surface area contributed by atoms with Crippen molar-refractivity contribution in [3.05, 3.63) is 0 Å². The first-order valence-electron chi connectivity index (χ1n) is 11.0. The van der Waals surface area contributed by atoms with Crippen LogP contribution in [-0.2, 0) is 14.3 Å². The van der Waals surface area contributed by atoms with Gasteiger partial charge in [-0.05, 0) is 6.42 Å². The molecule has 0 unspecified atom stereocenters. The summed E-state index contributed by atoms with van der Waals surface area (Å²) in [6.45, 7) is 0.546. The van der Waals surface area contributed by atoms with E-state index >= 15 is 0 Å². The van der Waals surface area contributed by atoms with Gasteiger partial charge in [-0.15, -0.1) is 0 Å². The van der Waals surface area contributed by atoms with E-state index in [4.69, 9.17) is 24.8 Å². The predicted molar refractivity (Wildman–Crippen MR) is 110 cm³/mol. The summed E-state index contributed by atoms with van der Waals surface area (Å²) < 4.78 is 10.1. The van der Waals surface area contributed by atoms with Crippen LogP contribution in [0.1, 0.15) is 45.4 Å². The monoisotopic (exact) mass is 486 g/mol. The van der Waals surface area contributed by atoms with Crippen LogP contribution in [-0.4, -0.2) is 131 Å². The molecule has 13 heteroatoms. The number of rotatable bonds is 9. The SMILES string of the molecule is CCCCCCCC(=O)O.OC[C@H]1O[C@H]([C@]2(O)O[C@H](CO)[C@@H](O)[C@H](O)[C@H]2O)[C@H](O)[C@@H](O)[C@@H]1O. The minimum Gasteiger partial charge on any atom is -0.481 e. The zero-order valence-corrected chi connectivity index (χ0v) is 18.5. The fourth-order valence-electron chi connectivity index (χ4n) is 3.74. The van der Waals surface area contributed by atoms with E-state index in [0.29, 0.717) is 6.42 Å². The van der Waals surface area contributed by atoms with Crippen molar-refractivity contribution in [2.24, 2.45) is 0 Å². The zero-order valence-electron chi connectivity index (χ0n) is 18.5. The summed E-state index contributed by atoms with van der Waals surface area (Å²) in [5.74, 6) is -3.49. The van der Waals surface area contributed by atoms with Crippen molar-refractivity contribution in [3.63, 3.8) is 0 Å². The van der Waals surface area contributed by atoms with Gasteiger partial charge in [0.2, 0.25) is 5.79 Å². The molecule has 2 aliphatic rings. The van der Waals surface area contributed by atoms with Gasteiger partial charge in [0.1, 0.15) is 54.9 Å². The van der Waals surface area contributed by atoms with E-state index in [9.17, 15) is 40.5 Å². The second kappa shape index (κ2) is 13.8. The van der Waals surface area contributed by atoms with Crippen molar-refractivity contribution in [3.8, 4) is 0 Å². The van der Waals surface area contributed by atoms with E-state index in [1.807, 2.05) is 0 Å². The summed E-state index contributed by atoms with van der Waals surface area (Å²) in [6, 6.07) is 0. The van der Waals surface area contributed by atoms with Gasteiger partial charge in [-0.25, -0.2) is 0 Å². The van der Waals surface area contributed by atoms with Crippen molar-refractivity contribution >= 4 is 5.97 Å². The molecule has 10 N–H and O–H groups in total. The van der Waals surface area contributed by atoms with Crippen molar-refractivity contribution < 1.29 is 65.3 Å². The normalized spacial score (nSPS) is 41.2. The third-order valence-electron chi connectivity index (χ3n) is 5.79. The second-order valence-corrected chi connectivity index (χ2v) is 8.32. The van der Waals surface area contributed by atoms with Crippen molar-refractivity contribution in [2.45, 2.75) is 106 Å². The molecule has 0 aromatic heterocycles. The number of ether oxygens (including phenoxy) is 2. The Morgan fingerprint density at radius 1 is 0.788 bits per heavy atom. The topological polar surface area (TPSA) is 238 Å². The quantitative estimate of drug-likeness (QED) is 0.142. The number of carbonyl (C=O) groups is 1. The zero-order chi connectivity index (χ0) is 25.3. The maximum Gasteiger partial charge on any atom is 0.303 e. The standard InChI is InChI=1S/C12H22O11.C8H16O2/c13-1-3-5(15)7(17)9(19)11(22-3)12(21)10(20)8(18)6(16)4(2-14)23-12;1-2-3-4-5-6-7-8(9)10/h3-11,13-21H,1-2H2;2-7H2,1H3,(H,9,10)/t3-,4-,5-,6-,7+,8+,9-,10-,11+,12-;/m1./s1. The first-order chi connectivity index (χ1) is 15.5. The van der Waals surface area contributed by atoms with E-state index in [2.05, 4.69) is 6.92 Å². The maximum atomic E-state index is 10.5. The predicted octanol–water partition coefficient (Wildman–Crippen LogP) is -3.58. The molecule has 0 radical (unpaired) electrons. The first kappa shape index (κ1) is 30.1. The molecule has 33 heavy (non-hydrogen) atoms. The molecule has 10 atom stereocenters. The summed E-state index contributed by atoms with van der Waals surface area (Å²) >= 11 is 0. The number of hydrogen-bond acceptors (Lipinski definition) is 12. The molecule has 2 rings (SSSR count). The second-order valence-electron chi connectivity index (χ2n) is 8.32. The van der Waals surface area contributed by atoms with Gasteiger partial charge < -0.3 is 60.5 Å². The molecular weight excluding hydrogens is 448 g/mol. The number of aliphatic hydroxyl groups is 9. The molecule has 0 aliphatic carbocycles. The Kier molecular flexibility index (Phi) is 12.6. The minimum atomic E-state index is -2.82. The highest BCUT2D eigenvalue weighted by atomic mass is 16.7. The summed E-state index contributed by atoms with van der Waals surface area (Å²) in [5, 5.41) is 95.9. The van der Waals surface area contributed by atoms with E-state index < -0.39 is 79.9 Å².